The number of anilines is 2. The number of nitrogens with two attached hydrogens (primary N) is 1. The first-order valence-electron chi connectivity index (χ1n) is 6.17. The van der Waals surface area contributed by atoms with Crippen LogP contribution in [0, 0.1) is 0 Å². The molecule has 8 heteroatoms. The standard InChI is InChI=1S/C13H15N3O3S2/c1-2-15-13(17)9-4-3-5-11(6-9)16-21(18,19)12-7-10(14)8-20-12/h3-8,16H,2,14H2,1H3,(H,15,17). The molecule has 6 nitrogen and oxygen atoms in total. The van der Waals surface area contributed by atoms with Gasteiger partial charge in [-0.2, -0.15) is 0 Å². The number of hydrogen-bond donors (Lipinski definition) is 3. The van der Waals surface area contributed by atoms with Crippen LogP contribution in [-0.4, -0.2) is 20.9 Å². The Labute approximate surface area is 127 Å². The molecule has 21 heavy (non-hydrogen) atoms. The Morgan fingerprint density at radius 2 is 2.10 bits per heavy atom. The molecule has 1 amide bonds. The highest BCUT2D eigenvalue weighted by Crippen LogP contribution is 2.24. The average Bonchev–Trinajstić information content (AvgIpc) is 2.86. The third-order valence-electron chi connectivity index (χ3n) is 2.57. The van der Waals surface area contributed by atoms with E-state index in [0.29, 0.717) is 23.5 Å². The molecule has 0 unspecified atom stereocenters. The predicted molar refractivity (Wildman–Crippen MR) is 84.0 cm³/mol. The number of benzene rings is 1. The van der Waals surface area contributed by atoms with E-state index in [2.05, 4.69) is 10.0 Å². The largest absolute Gasteiger partial charge is 0.398 e. The van der Waals surface area contributed by atoms with E-state index in [0.717, 1.165) is 11.3 Å². The second kappa shape index (κ2) is 6.15. The Bertz CT molecular complexity index is 754. The van der Waals surface area contributed by atoms with Crippen molar-refractivity contribution in [3.8, 4) is 0 Å². The van der Waals surface area contributed by atoms with Crippen LogP contribution in [0.1, 0.15) is 17.3 Å². The molecule has 0 spiro atoms. The smallest absolute Gasteiger partial charge is 0.271 e. The van der Waals surface area contributed by atoms with Crippen LogP contribution in [0.2, 0.25) is 0 Å². The topological polar surface area (TPSA) is 101 Å². The van der Waals surface area contributed by atoms with Crippen molar-refractivity contribution < 1.29 is 13.2 Å². The molecule has 0 bridgehead atoms. The second-order valence-corrected chi connectivity index (χ2v) is 7.07. The number of carbonyl (C=O) groups excluding carboxylic acids is 1. The SMILES string of the molecule is CCNC(=O)c1cccc(NS(=O)(=O)c2cc(N)cs2)c1. The monoisotopic (exact) mass is 325 g/mol. The molecule has 2 aromatic rings. The van der Waals surface area contributed by atoms with E-state index in [1.807, 2.05) is 6.92 Å². The number of rotatable bonds is 5. The molecular weight excluding hydrogens is 310 g/mol. The third-order valence-corrected chi connectivity index (χ3v) is 5.41. The molecule has 0 aliphatic heterocycles. The summed E-state index contributed by atoms with van der Waals surface area (Å²) in [5.74, 6) is -0.251. The average molecular weight is 325 g/mol. The molecule has 0 radical (unpaired) electrons. The van der Waals surface area contributed by atoms with Gasteiger partial charge in [0.2, 0.25) is 0 Å². The number of thiophene rings is 1. The summed E-state index contributed by atoms with van der Waals surface area (Å²) >= 11 is 1.04. The van der Waals surface area contributed by atoms with Crippen molar-refractivity contribution in [2.24, 2.45) is 0 Å². The zero-order valence-corrected chi connectivity index (χ0v) is 12.9. The maximum atomic E-state index is 12.2. The summed E-state index contributed by atoms with van der Waals surface area (Å²) in [6.07, 6.45) is 0. The van der Waals surface area contributed by atoms with Crippen LogP contribution < -0.4 is 15.8 Å². The summed E-state index contributed by atoms with van der Waals surface area (Å²) in [5.41, 5.74) is 6.65. The summed E-state index contributed by atoms with van der Waals surface area (Å²) in [4.78, 5) is 11.7. The summed E-state index contributed by atoms with van der Waals surface area (Å²) in [5, 5.41) is 4.21. The lowest BCUT2D eigenvalue weighted by Crippen LogP contribution is -2.22. The van der Waals surface area contributed by atoms with Crippen LogP contribution in [0.25, 0.3) is 0 Å². The van der Waals surface area contributed by atoms with Gasteiger partial charge in [-0.1, -0.05) is 6.07 Å². The number of sulfonamides is 1. The Balaban J connectivity index is 2.24. The van der Waals surface area contributed by atoms with Crippen molar-refractivity contribution >= 4 is 38.6 Å². The first-order chi connectivity index (χ1) is 9.92. The minimum atomic E-state index is -3.69. The van der Waals surface area contributed by atoms with Gasteiger partial charge < -0.3 is 11.1 Å². The van der Waals surface area contributed by atoms with Gasteiger partial charge in [-0.15, -0.1) is 11.3 Å². The Morgan fingerprint density at radius 1 is 1.33 bits per heavy atom. The van der Waals surface area contributed by atoms with Crippen LogP contribution in [0.3, 0.4) is 0 Å². The van der Waals surface area contributed by atoms with Crippen molar-refractivity contribution in [3.05, 3.63) is 41.3 Å². The Hall–Kier alpha value is -2.06. The molecule has 0 aliphatic carbocycles. The van der Waals surface area contributed by atoms with E-state index in [-0.39, 0.29) is 10.1 Å². The summed E-state index contributed by atoms with van der Waals surface area (Å²) in [6, 6.07) is 7.69. The van der Waals surface area contributed by atoms with Crippen molar-refractivity contribution in [3.63, 3.8) is 0 Å². The van der Waals surface area contributed by atoms with E-state index < -0.39 is 10.0 Å². The molecule has 0 saturated heterocycles. The minimum absolute atomic E-state index is 0.128. The number of nitrogen functional groups attached to an aromatic ring is 1. The highest BCUT2D eigenvalue weighted by atomic mass is 32.2. The molecule has 0 aliphatic rings. The highest BCUT2D eigenvalue weighted by Gasteiger charge is 2.17. The number of amides is 1. The summed E-state index contributed by atoms with van der Waals surface area (Å²) < 4.78 is 26.9. The van der Waals surface area contributed by atoms with E-state index in [4.69, 9.17) is 5.73 Å². The fourth-order valence-corrected chi connectivity index (χ4v) is 3.79. The molecule has 1 heterocycles. The lowest BCUT2D eigenvalue weighted by molar-refractivity contribution is 0.0956. The van der Waals surface area contributed by atoms with E-state index in [1.165, 1.54) is 12.1 Å². The van der Waals surface area contributed by atoms with Gasteiger partial charge in [-0.05, 0) is 31.2 Å². The molecular formula is C13H15N3O3S2. The Kier molecular flexibility index (Phi) is 4.49. The van der Waals surface area contributed by atoms with Crippen molar-refractivity contribution in [2.75, 3.05) is 17.0 Å². The molecule has 1 aromatic heterocycles. The molecule has 2 rings (SSSR count). The predicted octanol–water partition coefficient (Wildman–Crippen LogP) is 1.88. The number of hydrogen-bond acceptors (Lipinski definition) is 5. The van der Waals surface area contributed by atoms with Gasteiger partial charge in [-0.25, -0.2) is 8.42 Å². The lowest BCUT2D eigenvalue weighted by Gasteiger charge is -2.08. The highest BCUT2D eigenvalue weighted by molar-refractivity contribution is 7.94. The van der Waals surface area contributed by atoms with Crippen LogP contribution in [-0.2, 0) is 10.0 Å². The normalized spacial score (nSPS) is 11.1. The van der Waals surface area contributed by atoms with Gasteiger partial charge in [0.15, 0.2) is 0 Å². The third kappa shape index (κ3) is 3.73. The van der Waals surface area contributed by atoms with Crippen molar-refractivity contribution in [1.82, 2.24) is 5.32 Å². The lowest BCUT2D eigenvalue weighted by atomic mass is 10.2. The first kappa shape index (κ1) is 15.3. The molecule has 1 aromatic carbocycles. The van der Waals surface area contributed by atoms with Gasteiger partial charge in [0.05, 0.1) is 0 Å². The van der Waals surface area contributed by atoms with Crippen LogP contribution in [0.5, 0.6) is 0 Å². The second-order valence-electron chi connectivity index (χ2n) is 4.24. The quantitative estimate of drug-likeness (QED) is 0.781. The fourth-order valence-electron chi connectivity index (χ4n) is 1.66. The van der Waals surface area contributed by atoms with Crippen molar-refractivity contribution in [1.29, 1.82) is 0 Å². The first-order valence-corrected chi connectivity index (χ1v) is 8.54. The van der Waals surface area contributed by atoms with Crippen molar-refractivity contribution in [2.45, 2.75) is 11.1 Å². The van der Waals surface area contributed by atoms with E-state index in [9.17, 15) is 13.2 Å². The summed E-state index contributed by atoms with van der Waals surface area (Å²) in [6.45, 7) is 2.31. The zero-order chi connectivity index (χ0) is 15.5. The van der Waals surface area contributed by atoms with E-state index >= 15 is 0 Å². The number of nitrogens with one attached hydrogen (secondary N) is 2. The molecule has 112 valence electrons. The van der Waals surface area contributed by atoms with Crippen LogP contribution in [0.4, 0.5) is 11.4 Å². The molecule has 0 saturated carbocycles. The molecule has 4 N–H and O–H groups in total. The summed E-state index contributed by atoms with van der Waals surface area (Å²) in [7, 11) is -3.69. The van der Waals surface area contributed by atoms with E-state index in [1.54, 1.807) is 23.6 Å². The molecule has 0 fully saturated rings. The van der Waals surface area contributed by atoms with Gasteiger partial charge in [0.1, 0.15) is 4.21 Å². The number of carbonyl (C=O) groups is 1. The van der Waals surface area contributed by atoms with Crippen LogP contribution in [0.15, 0.2) is 39.9 Å². The zero-order valence-electron chi connectivity index (χ0n) is 11.3. The minimum Gasteiger partial charge on any atom is -0.398 e. The van der Waals surface area contributed by atoms with Gasteiger partial charge in [0, 0.05) is 28.9 Å². The van der Waals surface area contributed by atoms with Gasteiger partial charge in [0.25, 0.3) is 15.9 Å². The van der Waals surface area contributed by atoms with Gasteiger partial charge in [-0.3, -0.25) is 9.52 Å². The maximum absolute atomic E-state index is 12.2. The fraction of sp³-hybridized carbons (Fsp3) is 0.154. The maximum Gasteiger partial charge on any atom is 0.271 e. The van der Waals surface area contributed by atoms with Gasteiger partial charge >= 0.3 is 0 Å². The van der Waals surface area contributed by atoms with Crippen LogP contribution >= 0.6 is 11.3 Å². The Morgan fingerprint density at radius 3 is 2.71 bits per heavy atom. The molecule has 0 atom stereocenters.